The lowest BCUT2D eigenvalue weighted by molar-refractivity contribution is -0.152. The Balaban J connectivity index is 1.05. The Morgan fingerprint density at radius 1 is 0.962 bits per heavy atom. The van der Waals surface area contributed by atoms with E-state index in [2.05, 4.69) is 20.8 Å². The topological polar surface area (TPSA) is 220 Å². The first-order chi connectivity index (χ1) is 25.4. The molecule has 2 unspecified atom stereocenters. The van der Waals surface area contributed by atoms with Crippen LogP contribution in [0.5, 0.6) is 0 Å². The Hall–Kier alpha value is -5.23. The third-order valence-corrected chi connectivity index (χ3v) is 10.2. The van der Waals surface area contributed by atoms with Crippen LogP contribution < -0.4 is 16.2 Å². The number of nitrogens with one attached hydrogen (secondary N) is 3. The second-order valence-electron chi connectivity index (χ2n) is 13.0. The number of aromatic nitrogens is 1. The van der Waals surface area contributed by atoms with E-state index >= 15 is 0 Å². The maximum absolute atomic E-state index is 13.6. The minimum atomic E-state index is -4.43. The standard InChI is InChI=1S/C36H43N7O9S/c1-24-6-8-25(9-7-24)23-52-28-13-17-42(18-14-28)36(47)29-15-19-43(22-30(29)35(46)41-48)33(44)12-16-37-34(45)27-10-11-32(38-20-27)40-39-21-26-4-2-3-5-31(26)53(49,50)51/h2-11,20-21,28-30,48H,12-19,22-23H2,1H3,(H,37,45)(H,38,40)(H,41,46)(H,49,50,51)/b39-21+. The van der Waals surface area contributed by atoms with Gasteiger partial charge in [0.25, 0.3) is 16.0 Å². The summed E-state index contributed by atoms with van der Waals surface area (Å²) >= 11 is 0. The number of hydroxylamine groups is 1. The third kappa shape index (κ3) is 10.7. The van der Waals surface area contributed by atoms with Crippen LogP contribution >= 0.6 is 0 Å². The number of hydrogen-bond acceptors (Lipinski definition) is 11. The van der Waals surface area contributed by atoms with E-state index in [0.29, 0.717) is 32.5 Å². The lowest BCUT2D eigenvalue weighted by Gasteiger charge is -2.40. The molecule has 2 aliphatic rings. The minimum absolute atomic E-state index is 0.00574. The molecule has 3 heterocycles. The molecular formula is C36H43N7O9S. The average molecular weight is 750 g/mol. The number of hydrazone groups is 1. The normalized spacial score (nSPS) is 18.1. The summed E-state index contributed by atoms with van der Waals surface area (Å²) in [5, 5.41) is 16.0. The highest BCUT2D eigenvalue weighted by atomic mass is 32.2. The molecule has 0 radical (unpaired) electrons. The third-order valence-electron chi connectivity index (χ3n) is 9.32. The van der Waals surface area contributed by atoms with Gasteiger partial charge in [0.1, 0.15) is 10.7 Å². The first-order valence-corrected chi connectivity index (χ1v) is 18.6. The van der Waals surface area contributed by atoms with Crippen LogP contribution in [0.2, 0.25) is 0 Å². The molecule has 2 fully saturated rings. The zero-order chi connectivity index (χ0) is 38.0. The van der Waals surface area contributed by atoms with Crippen LogP contribution in [0.15, 0.2) is 76.9 Å². The quantitative estimate of drug-likeness (QED) is 0.0739. The smallest absolute Gasteiger partial charge is 0.295 e. The predicted octanol–water partition coefficient (Wildman–Crippen LogP) is 2.38. The summed E-state index contributed by atoms with van der Waals surface area (Å²) in [6.45, 7) is 3.70. The van der Waals surface area contributed by atoms with Crippen molar-refractivity contribution in [1.82, 2.24) is 25.6 Å². The Labute approximate surface area is 307 Å². The maximum atomic E-state index is 13.6. The number of nitrogens with zero attached hydrogens (tertiary/aromatic N) is 4. The summed E-state index contributed by atoms with van der Waals surface area (Å²) in [6, 6.07) is 16.9. The van der Waals surface area contributed by atoms with Crippen molar-refractivity contribution in [2.45, 2.75) is 50.2 Å². The Kier molecular flexibility index (Phi) is 13.2. The van der Waals surface area contributed by atoms with E-state index in [9.17, 15) is 37.4 Å². The van der Waals surface area contributed by atoms with E-state index in [1.165, 1.54) is 53.2 Å². The molecule has 2 saturated heterocycles. The Bertz CT molecular complexity index is 1900. The van der Waals surface area contributed by atoms with Crippen LogP contribution in [0.1, 0.15) is 52.7 Å². The highest BCUT2D eigenvalue weighted by Crippen LogP contribution is 2.28. The van der Waals surface area contributed by atoms with E-state index < -0.39 is 33.8 Å². The maximum Gasteiger partial charge on any atom is 0.295 e. The highest BCUT2D eigenvalue weighted by molar-refractivity contribution is 7.86. The number of piperidine rings is 2. The van der Waals surface area contributed by atoms with Crippen molar-refractivity contribution in [3.63, 3.8) is 0 Å². The molecule has 1 aromatic heterocycles. The number of pyridine rings is 1. The van der Waals surface area contributed by atoms with Crippen molar-refractivity contribution in [3.8, 4) is 0 Å². The second-order valence-corrected chi connectivity index (χ2v) is 14.3. The van der Waals surface area contributed by atoms with Crippen LogP contribution in [-0.2, 0) is 35.8 Å². The molecule has 0 saturated carbocycles. The van der Waals surface area contributed by atoms with E-state index in [1.54, 1.807) is 16.4 Å². The zero-order valence-corrected chi connectivity index (χ0v) is 30.0. The lowest BCUT2D eigenvalue weighted by atomic mass is 9.83. The summed E-state index contributed by atoms with van der Waals surface area (Å²) in [5.74, 6) is -3.08. The second kappa shape index (κ2) is 18.0. The van der Waals surface area contributed by atoms with Crippen LogP contribution in [0, 0.1) is 18.8 Å². The molecule has 0 bridgehead atoms. The van der Waals surface area contributed by atoms with Crippen LogP contribution in [0.25, 0.3) is 0 Å². The van der Waals surface area contributed by atoms with Crippen molar-refractivity contribution in [3.05, 3.63) is 89.1 Å². The van der Waals surface area contributed by atoms with Gasteiger partial charge in [-0.05, 0) is 49.9 Å². The summed E-state index contributed by atoms with van der Waals surface area (Å²) in [6.07, 6.45) is 4.05. The summed E-state index contributed by atoms with van der Waals surface area (Å²) in [4.78, 5) is 59.0. The molecule has 2 aromatic carbocycles. The number of hydrogen-bond donors (Lipinski definition) is 5. The van der Waals surface area contributed by atoms with E-state index in [4.69, 9.17) is 4.74 Å². The molecule has 5 rings (SSSR count). The number of likely N-dealkylation sites (tertiary alicyclic amines) is 2. The molecule has 0 aliphatic carbocycles. The number of amides is 4. The van der Waals surface area contributed by atoms with Crippen molar-refractivity contribution < 1.29 is 42.1 Å². The molecule has 2 aliphatic heterocycles. The van der Waals surface area contributed by atoms with Gasteiger partial charge in [0.15, 0.2) is 0 Å². The van der Waals surface area contributed by atoms with Crippen molar-refractivity contribution in [2.75, 3.05) is 38.1 Å². The number of carbonyl (C=O) groups is 4. The van der Waals surface area contributed by atoms with E-state index in [0.717, 1.165) is 5.56 Å². The first kappa shape index (κ1) is 39.0. The number of carbonyl (C=O) groups excluding carboxylic acids is 4. The van der Waals surface area contributed by atoms with Crippen LogP contribution in [-0.4, -0.2) is 102 Å². The number of aryl methyl sites for hydroxylation is 1. The molecule has 0 spiro atoms. The molecule has 5 N–H and O–H groups in total. The molecule has 4 amide bonds. The lowest BCUT2D eigenvalue weighted by Crippen LogP contribution is -2.54. The van der Waals surface area contributed by atoms with Gasteiger partial charge in [-0.15, -0.1) is 0 Å². The molecular weight excluding hydrogens is 707 g/mol. The minimum Gasteiger partial charge on any atom is -0.373 e. The van der Waals surface area contributed by atoms with Gasteiger partial charge in [-0.2, -0.15) is 13.5 Å². The fourth-order valence-electron chi connectivity index (χ4n) is 6.33. The first-order valence-electron chi connectivity index (χ1n) is 17.2. The summed E-state index contributed by atoms with van der Waals surface area (Å²) in [7, 11) is -4.43. The van der Waals surface area contributed by atoms with Crippen molar-refractivity contribution >= 4 is 45.8 Å². The van der Waals surface area contributed by atoms with Gasteiger partial charge < -0.3 is 19.9 Å². The Morgan fingerprint density at radius 3 is 2.36 bits per heavy atom. The predicted molar refractivity (Wildman–Crippen MR) is 192 cm³/mol. The largest absolute Gasteiger partial charge is 0.373 e. The zero-order valence-electron chi connectivity index (χ0n) is 29.2. The molecule has 16 nitrogen and oxygen atoms in total. The molecule has 2 atom stereocenters. The van der Waals surface area contributed by atoms with Gasteiger partial charge in [-0.3, -0.25) is 34.4 Å². The highest BCUT2D eigenvalue weighted by Gasteiger charge is 2.42. The van der Waals surface area contributed by atoms with Gasteiger partial charge in [0.2, 0.25) is 17.7 Å². The van der Waals surface area contributed by atoms with Gasteiger partial charge in [-0.1, -0.05) is 48.0 Å². The Morgan fingerprint density at radius 2 is 1.68 bits per heavy atom. The SMILES string of the molecule is Cc1ccc(COC2CCN(C(=O)C3CCN(C(=O)CCNC(=O)c4ccc(N/N=C/c5ccccc5S(=O)(=O)O)nc4)CC3C(=O)NO)CC2)cc1. The number of anilines is 1. The molecule has 53 heavy (non-hydrogen) atoms. The van der Waals surface area contributed by atoms with E-state index in [-0.39, 0.29) is 72.2 Å². The monoisotopic (exact) mass is 749 g/mol. The van der Waals surface area contributed by atoms with Gasteiger partial charge in [-0.25, -0.2) is 10.5 Å². The number of benzene rings is 2. The molecule has 17 heteroatoms. The fourth-order valence-corrected chi connectivity index (χ4v) is 7.00. The van der Waals surface area contributed by atoms with E-state index in [1.807, 2.05) is 31.2 Å². The average Bonchev–Trinajstić information content (AvgIpc) is 3.17. The molecule has 3 aromatic rings. The van der Waals surface area contributed by atoms with Crippen molar-refractivity contribution in [1.29, 1.82) is 0 Å². The fraction of sp³-hybridized carbons (Fsp3) is 0.389. The summed E-state index contributed by atoms with van der Waals surface area (Å²) < 4.78 is 38.5. The van der Waals surface area contributed by atoms with Gasteiger partial charge >= 0.3 is 0 Å². The number of rotatable bonds is 13. The van der Waals surface area contributed by atoms with Crippen molar-refractivity contribution in [2.24, 2.45) is 16.9 Å². The summed E-state index contributed by atoms with van der Waals surface area (Å²) in [5.41, 5.74) is 6.91. The van der Waals surface area contributed by atoms with Gasteiger partial charge in [0, 0.05) is 50.9 Å². The van der Waals surface area contributed by atoms with Crippen LogP contribution in [0.4, 0.5) is 5.82 Å². The number of ether oxygens (including phenoxy) is 1. The van der Waals surface area contributed by atoms with Gasteiger partial charge in [0.05, 0.1) is 36.3 Å². The molecule has 282 valence electrons. The van der Waals surface area contributed by atoms with Crippen LogP contribution in [0.3, 0.4) is 0 Å².